The van der Waals surface area contributed by atoms with E-state index in [1.165, 1.54) is 55.2 Å². The summed E-state index contributed by atoms with van der Waals surface area (Å²) in [5.41, 5.74) is 7.28. The van der Waals surface area contributed by atoms with Gasteiger partial charge in [-0.25, -0.2) is 0 Å². The molecule has 0 aromatic heterocycles. The average Bonchev–Trinajstić information content (AvgIpc) is 2.68. The lowest BCUT2D eigenvalue weighted by molar-refractivity contribution is 0.320. The predicted octanol–water partition coefficient (Wildman–Crippen LogP) is 3.65. The normalized spacial score (nSPS) is 19.1. The molecule has 0 bridgehead atoms. The fourth-order valence-corrected chi connectivity index (χ4v) is 3.33. The Hall–Kier alpha value is -0.860. The zero-order valence-electron chi connectivity index (χ0n) is 12.4. The lowest BCUT2D eigenvalue weighted by Crippen LogP contribution is -2.42. The molecule has 3 N–H and O–H groups in total. The molecule has 1 aliphatic rings. The van der Waals surface area contributed by atoms with Crippen molar-refractivity contribution in [2.24, 2.45) is 11.8 Å². The molecule has 2 heteroatoms. The van der Waals surface area contributed by atoms with Crippen LogP contribution in [0.25, 0.3) is 0 Å². The number of aryl methyl sites for hydroxylation is 2. The van der Waals surface area contributed by atoms with Gasteiger partial charge in [0.2, 0.25) is 0 Å². The molecule has 1 saturated carbocycles. The quantitative estimate of drug-likeness (QED) is 0.493. The summed E-state index contributed by atoms with van der Waals surface area (Å²) in [7, 11) is 0. The van der Waals surface area contributed by atoms with Crippen LogP contribution in [0, 0.1) is 19.8 Å². The summed E-state index contributed by atoms with van der Waals surface area (Å²) in [5.74, 6) is 6.58. The first kappa shape index (κ1) is 14.5. The second kappa shape index (κ2) is 7.06. The van der Waals surface area contributed by atoms with Gasteiger partial charge >= 0.3 is 0 Å². The van der Waals surface area contributed by atoms with E-state index in [4.69, 9.17) is 5.84 Å². The second-order valence-corrected chi connectivity index (χ2v) is 6.16. The Kier molecular flexibility index (Phi) is 5.41. The van der Waals surface area contributed by atoms with Crippen LogP contribution in [0.5, 0.6) is 0 Å². The summed E-state index contributed by atoms with van der Waals surface area (Å²) in [5, 5.41) is 0. The van der Waals surface area contributed by atoms with E-state index in [1.807, 2.05) is 0 Å². The first-order valence-corrected chi connectivity index (χ1v) is 7.73. The van der Waals surface area contributed by atoms with Gasteiger partial charge in [-0.2, -0.15) is 0 Å². The van der Waals surface area contributed by atoms with Crippen LogP contribution in [-0.4, -0.2) is 6.04 Å². The molecule has 1 aromatic carbocycles. The van der Waals surface area contributed by atoms with Gasteiger partial charge in [0.05, 0.1) is 0 Å². The van der Waals surface area contributed by atoms with Crippen molar-refractivity contribution in [1.82, 2.24) is 5.43 Å². The molecule has 2 nitrogen and oxygen atoms in total. The zero-order chi connectivity index (χ0) is 13.7. The van der Waals surface area contributed by atoms with Gasteiger partial charge in [-0.05, 0) is 50.2 Å². The lowest BCUT2D eigenvalue weighted by Gasteiger charge is -2.26. The van der Waals surface area contributed by atoms with Crippen molar-refractivity contribution < 1.29 is 0 Å². The number of nitrogens with one attached hydrogen (secondary N) is 1. The number of benzene rings is 1. The summed E-state index contributed by atoms with van der Waals surface area (Å²) in [6.07, 6.45) is 9.27. The van der Waals surface area contributed by atoms with Gasteiger partial charge in [0.1, 0.15) is 0 Å². The van der Waals surface area contributed by atoms with Gasteiger partial charge in [-0.15, -0.1) is 0 Å². The third-order valence-corrected chi connectivity index (χ3v) is 4.63. The Morgan fingerprint density at radius 3 is 2.47 bits per heavy atom. The van der Waals surface area contributed by atoms with Crippen LogP contribution in [0.4, 0.5) is 0 Å². The molecule has 1 aromatic rings. The summed E-state index contributed by atoms with van der Waals surface area (Å²) in [4.78, 5) is 0. The van der Waals surface area contributed by atoms with E-state index >= 15 is 0 Å². The SMILES string of the molecule is Cc1ccc(C)c(CC(NN)C2CCCCCC2)c1. The van der Waals surface area contributed by atoms with Crippen LogP contribution in [0.15, 0.2) is 18.2 Å². The van der Waals surface area contributed by atoms with Crippen molar-refractivity contribution in [3.63, 3.8) is 0 Å². The lowest BCUT2D eigenvalue weighted by atomic mass is 9.87. The highest BCUT2D eigenvalue weighted by Gasteiger charge is 2.22. The first-order valence-electron chi connectivity index (χ1n) is 7.73. The maximum Gasteiger partial charge on any atom is 0.0279 e. The van der Waals surface area contributed by atoms with Crippen LogP contribution < -0.4 is 11.3 Å². The molecule has 1 unspecified atom stereocenters. The Morgan fingerprint density at radius 1 is 1.16 bits per heavy atom. The largest absolute Gasteiger partial charge is 0.271 e. The van der Waals surface area contributed by atoms with E-state index in [9.17, 15) is 0 Å². The molecule has 0 heterocycles. The van der Waals surface area contributed by atoms with Crippen molar-refractivity contribution in [1.29, 1.82) is 0 Å². The van der Waals surface area contributed by atoms with Crippen molar-refractivity contribution >= 4 is 0 Å². The molecule has 0 aliphatic heterocycles. The molecular weight excluding hydrogens is 232 g/mol. The highest BCUT2D eigenvalue weighted by Crippen LogP contribution is 2.27. The summed E-state index contributed by atoms with van der Waals surface area (Å²) < 4.78 is 0. The third kappa shape index (κ3) is 4.05. The van der Waals surface area contributed by atoms with Crippen LogP contribution in [-0.2, 0) is 6.42 Å². The van der Waals surface area contributed by atoms with Crippen LogP contribution in [0.1, 0.15) is 55.2 Å². The molecule has 0 radical (unpaired) electrons. The van der Waals surface area contributed by atoms with Gasteiger partial charge < -0.3 is 0 Å². The molecule has 0 amide bonds. The second-order valence-electron chi connectivity index (χ2n) is 6.16. The Balaban J connectivity index is 2.07. The number of nitrogens with two attached hydrogens (primary N) is 1. The van der Waals surface area contributed by atoms with Gasteiger partial charge in [0, 0.05) is 6.04 Å². The van der Waals surface area contributed by atoms with Crippen molar-refractivity contribution in [3.05, 3.63) is 34.9 Å². The maximum absolute atomic E-state index is 5.84. The summed E-state index contributed by atoms with van der Waals surface area (Å²) in [6.45, 7) is 4.37. The molecule has 1 fully saturated rings. The number of hydrogen-bond acceptors (Lipinski definition) is 2. The van der Waals surface area contributed by atoms with Crippen LogP contribution in [0.2, 0.25) is 0 Å². The van der Waals surface area contributed by atoms with Crippen LogP contribution >= 0.6 is 0 Å². The zero-order valence-corrected chi connectivity index (χ0v) is 12.4. The minimum absolute atomic E-state index is 0.429. The van der Waals surface area contributed by atoms with Gasteiger partial charge in [-0.3, -0.25) is 11.3 Å². The number of hydrazine groups is 1. The smallest absolute Gasteiger partial charge is 0.0279 e. The van der Waals surface area contributed by atoms with Gasteiger partial charge in [-0.1, -0.05) is 49.4 Å². The highest BCUT2D eigenvalue weighted by molar-refractivity contribution is 5.31. The van der Waals surface area contributed by atoms with E-state index in [2.05, 4.69) is 37.5 Å². The van der Waals surface area contributed by atoms with E-state index in [0.717, 1.165) is 12.3 Å². The maximum atomic E-state index is 5.84. The Bertz CT molecular complexity index is 392. The Labute approximate surface area is 117 Å². The average molecular weight is 260 g/mol. The summed E-state index contributed by atoms with van der Waals surface area (Å²) >= 11 is 0. The first-order chi connectivity index (χ1) is 9.20. The van der Waals surface area contributed by atoms with E-state index in [-0.39, 0.29) is 0 Å². The standard InChI is InChI=1S/C17H28N2/c1-13-9-10-14(2)16(11-13)12-17(19-18)15-7-5-3-4-6-8-15/h9-11,15,17,19H,3-8,12,18H2,1-2H3. The fourth-order valence-electron chi connectivity index (χ4n) is 3.33. The predicted molar refractivity (Wildman–Crippen MR) is 81.9 cm³/mol. The van der Waals surface area contributed by atoms with Gasteiger partial charge in [0.15, 0.2) is 0 Å². The van der Waals surface area contributed by atoms with Gasteiger partial charge in [0.25, 0.3) is 0 Å². The minimum atomic E-state index is 0.429. The van der Waals surface area contributed by atoms with Crippen molar-refractivity contribution in [2.75, 3.05) is 0 Å². The number of hydrogen-bond donors (Lipinski definition) is 2. The molecule has 1 aliphatic carbocycles. The minimum Gasteiger partial charge on any atom is -0.271 e. The molecule has 0 spiro atoms. The summed E-state index contributed by atoms with van der Waals surface area (Å²) in [6, 6.07) is 7.16. The molecule has 1 atom stereocenters. The molecule has 19 heavy (non-hydrogen) atoms. The third-order valence-electron chi connectivity index (χ3n) is 4.63. The van der Waals surface area contributed by atoms with E-state index < -0.39 is 0 Å². The van der Waals surface area contributed by atoms with Crippen molar-refractivity contribution in [3.8, 4) is 0 Å². The van der Waals surface area contributed by atoms with Crippen LogP contribution in [0.3, 0.4) is 0 Å². The Morgan fingerprint density at radius 2 is 1.84 bits per heavy atom. The molecule has 2 rings (SSSR count). The topological polar surface area (TPSA) is 38.0 Å². The molecule has 106 valence electrons. The van der Waals surface area contributed by atoms with E-state index in [0.29, 0.717) is 6.04 Å². The molecular formula is C17H28N2. The molecule has 0 saturated heterocycles. The van der Waals surface area contributed by atoms with Crippen molar-refractivity contribution in [2.45, 2.75) is 64.8 Å². The number of rotatable bonds is 4. The monoisotopic (exact) mass is 260 g/mol. The van der Waals surface area contributed by atoms with E-state index in [1.54, 1.807) is 0 Å². The fraction of sp³-hybridized carbons (Fsp3) is 0.647. The highest BCUT2D eigenvalue weighted by atomic mass is 15.2.